The van der Waals surface area contributed by atoms with E-state index in [1.54, 1.807) is 18.2 Å². The number of hydrogen-bond acceptors (Lipinski definition) is 6. The van der Waals surface area contributed by atoms with Gasteiger partial charge in [-0.05, 0) is 86.2 Å². The normalized spacial score (nSPS) is 12.2. The zero-order valence-electron chi connectivity index (χ0n) is 33.7. The molecular weight excluding hydrogens is 801 g/mol. The van der Waals surface area contributed by atoms with Crippen molar-refractivity contribution in [2.24, 2.45) is 0 Å². The fraction of sp³-hybridized carbons (Fsp3) is 0.157. The molecule has 0 amide bonds. The number of anilines is 2. The van der Waals surface area contributed by atoms with Crippen LogP contribution in [0.4, 0.5) is 17.1 Å². The van der Waals surface area contributed by atoms with Crippen molar-refractivity contribution >= 4 is 61.7 Å². The van der Waals surface area contributed by atoms with Crippen LogP contribution in [-0.4, -0.2) is 37.6 Å². The van der Waals surface area contributed by atoms with Crippen LogP contribution in [-0.2, 0) is 10.1 Å². The molecule has 0 bridgehead atoms. The van der Waals surface area contributed by atoms with E-state index in [2.05, 4.69) is 145 Å². The first-order chi connectivity index (χ1) is 29.2. The van der Waals surface area contributed by atoms with E-state index in [9.17, 15) is 13.0 Å². The van der Waals surface area contributed by atoms with Gasteiger partial charge < -0.3 is 9.32 Å². The van der Waals surface area contributed by atoms with Crippen LogP contribution in [0.3, 0.4) is 0 Å². The first-order valence-electron chi connectivity index (χ1n) is 20.2. The molecule has 0 fully saturated rings. The first-order valence-corrected chi connectivity index (χ1v) is 23.6. The number of nitrogens with zero attached hydrogens (tertiary/aromatic N) is 2. The van der Waals surface area contributed by atoms with Gasteiger partial charge in [0.15, 0.2) is 0 Å². The lowest BCUT2D eigenvalue weighted by Crippen LogP contribution is -2.27. The molecule has 0 unspecified atom stereocenters. The molecule has 0 spiro atoms. The highest BCUT2D eigenvalue weighted by Crippen LogP contribution is 2.44. The molecule has 9 heteroatoms. The molecule has 1 aliphatic carbocycles. The summed E-state index contributed by atoms with van der Waals surface area (Å²) < 4.78 is 45.6. The molecule has 2 aliphatic rings. The molecule has 1 aliphatic heterocycles. The van der Waals surface area contributed by atoms with E-state index in [-0.39, 0.29) is 4.90 Å². The van der Waals surface area contributed by atoms with Gasteiger partial charge in [-0.1, -0.05) is 91.0 Å². The topological polar surface area (TPSA) is 73.8 Å². The van der Waals surface area contributed by atoms with Crippen molar-refractivity contribution in [3.05, 3.63) is 186 Å². The van der Waals surface area contributed by atoms with Gasteiger partial charge in [0.05, 0.1) is 6.07 Å². The molecule has 1 N–H and O–H groups in total. The van der Waals surface area contributed by atoms with Crippen molar-refractivity contribution < 1.29 is 17.4 Å². The van der Waals surface area contributed by atoms with E-state index in [1.165, 1.54) is 15.9 Å². The second-order valence-corrected chi connectivity index (χ2v) is 18.4. The molecule has 0 aromatic heterocycles. The molecule has 6 aromatic rings. The number of para-hydroxylation sites is 2. The second-order valence-electron chi connectivity index (χ2n) is 14.7. The Hall–Kier alpha value is -5.58. The Kier molecular flexibility index (Phi) is 12.9. The van der Waals surface area contributed by atoms with E-state index in [0.717, 1.165) is 81.9 Å². The number of rotatable bonds is 15. The Morgan fingerprint density at radius 2 is 1.27 bits per heavy atom. The van der Waals surface area contributed by atoms with E-state index in [4.69, 9.17) is 4.42 Å². The maximum atomic E-state index is 12.9. The molecule has 0 saturated heterocycles. The molecule has 0 radical (unpaired) electrons. The minimum atomic E-state index is -4.56. The molecule has 6 nitrogen and oxygen atoms in total. The number of thioether (sulfide) groups is 2. The third-order valence-corrected chi connectivity index (χ3v) is 13.7. The summed E-state index contributed by atoms with van der Waals surface area (Å²) in [5.74, 6) is 2.52. The SMILES string of the molecule is Cc1ccccc1N(CCCSc1ccccc1)c1ccc2c(-c3ccccc3S(=O)(=O)O)c3ccc(=[N+](CCCSc4ccccc4)c4ccccc4C)cc-3oc2c1. The molecule has 60 heavy (non-hydrogen) atoms. The predicted octanol–water partition coefficient (Wildman–Crippen LogP) is 12.7. The van der Waals surface area contributed by atoms with Gasteiger partial charge in [0.25, 0.3) is 10.1 Å². The maximum absolute atomic E-state index is 12.9. The van der Waals surface area contributed by atoms with Crippen LogP contribution in [0.2, 0.25) is 0 Å². The summed E-state index contributed by atoms with van der Waals surface area (Å²) in [5.41, 5.74) is 7.96. The first kappa shape index (κ1) is 41.2. The van der Waals surface area contributed by atoms with Crippen LogP contribution in [0.15, 0.2) is 189 Å². The third-order valence-electron chi connectivity index (χ3n) is 10.6. The van der Waals surface area contributed by atoms with Gasteiger partial charge in [-0.2, -0.15) is 13.0 Å². The number of aryl methyl sites for hydroxylation is 2. The summed E-state index contributed by atoms with van der Waals surface area (Å²) in [6, 6.07) is 56.8. The van der Waals surface area contributed by atoms with Gasteiger partial charge >= 0.3 is 0 Å². The fourth-order valence-corrected chi connectivity index (χ4v) is 10.2. The van der Waals surface area contributed by atoms with E-state index < -0.39 is 10.1 Å². The molecule has 6 aromatic carbocycles. The lowest BCUT2D eigenvalue weighted by molar-refractivity contribution is 0.483. The van der Waals surface area contributed by atoms with Crippen LogP contribution in [0, 0.1) is 13.8 Å². The standard InChI is InChI=1S/C51H46N2O4S3/c1-37-17-9-12-24-46(37)52(31-15-33-58-41-19-5-3-6-20-41)39-27-29-43-48(35-39)57-49-36-40(28-30-44(49)51(43)45-23-11-14-26-50(45)60(54,55)56)53(47-25-13-10-18-38(47)2)32-16-34-59-42-21-7-4-8-22-42/h3-14,17-30,35-36H,15-16,31-34H2,1-2H3/p+1. The van der Waals surface area contributed by atoms with Crippen LogP contribution in [0.25, 0.3) is 33.4 Å². The number of fused-ring (bicyclic) bond motifs is 2. The Bertz CT molecular complexity index is 2900. The molecule has 0 atom stereocenters. The van der Waals surface area contributed by atoms with Crippen molar-refractivity contribution in [2.45, 2.75) is 41.4 Å². The average Bonchev–Trinajstić information content (AvgIpc) is 3.26. The molecule has 1 heterocycles. The minimum absolute atomic E-state index is 0.151. The molecule has 302 valence electrons. The zero-order chi connectivity index (χ0) is 41.5. The van der Waals surface area contributed by atoms with E-state index in [1.807, 2.05) is 47.8 Å². The van der Waals surface area contributed by atoms with Gasteiger partial charge in [-0.3, -0.25) is 4.55 Å². The largest absolute Gasteiger partial charge is 0.456 e. The van der Waals surface area contributed by atoms with Crippen LogP contribution >= 0.6 is 23.5 Å². The van der Waals surface area contributed by atoms with Crippen molar-refractivity contribution in [3.8, 4) is 22.5 Å². The van der Waals surface area contributed by atoms with Gasteiger partial charge in [-0.25, -0.2) is 0 Å². The molecule has 0 saturated carbocycles. The Labute approximate surface area is 361 Å². The van der Waals surface area contributed by atoms with Crippen molar-refractivity contribution in [1.29, 1.82) is 0 Å². The monoisotopic (exact) mass is 847 g/mol. The number of hydrogen-bond donors (Lipinski definition) is 1. The summed E-state index contributed by atoms with van der Waals surface area (Å²) >= 11 is 3.70. The van der Waals surface area contributed by atoms with Gasteiger partial charge in [0.2, 0.25) is 11.0 Å². The van der Waals surface area contributed by atoms with Crippen LogP contribution in [0.1, 0.15) is 24.0 Å². The summed E-state index contributed by atoms with van der Waals surface area (Å²) in [6.07, 6.45) is 1.88. The lowest BCUT2D eigenvalue weighted by atomic mass is 9.93. The minimum Gasteiger partial charge on any atom is -0.456 e. The van der Waals surface area contributed by atoms with E-state index >= 15 is 0 Å². The quantitative estimate of drug-likeness (QED) is 0.0362. The van der Waals surface area contributed by atoms with Crippen molar-refractivity contribution in [3.63, 3.8) is 0 Å². The summed E-state index contributed by atoms with van der Waals surface area (Å²) in [4.78, 5) is 4.69. The maximum Gasteiger partial charge on any atom is 0.295 e. The highest BCUT2D eigenvalue weighted by molar-refractivity contribution is 7.99. The smallest absolute Gasteiger partial charge is 0.295 e. The molecular formula is C51H47N2O4S3+. The third kappa shape index (κ3) is 9.40. The van der Waals surface area contributed by atoms with Crippen LogP contribution < -0.4 is 14.8 Å². The Morgan fingerprint density at radius 3 is 1.97 bits per heavy atom. The van der Waals surface area contributed by atoms with Gasteiger partial charge in [-0.15, -0.1) is 23.5 Å². The second kappa shape index (κ2) is 18.8. The highest BCUT2D eigenvalue weighted by Gasteiger charge is 2.25. The van der Waals surface area contributed by atoms with Crippen molar-refractivity contribution in [1.82, 2.24) is 4.58 Å². The summed E-state index contributed by atoms with van der Waals surface area (Å²) in [6.45, 7) is 5.82. The molecule has 8 rings (SSSR count). The van der Waals surface area contributed by atoms with E-state index in [0.29, 0.717) is 22.5 Å². The summed E-state index contributed by atoms with van der Waals surface area (Å²) in [7, 11) is -4.56. The van der Waals surface area contributed by atoms with Gasteiger partial charge in [0.1, 0.15) is 22.8 Å². The zero-order valence-corrected chi connectivity index (χ0v) is 36.1. The number of benzene rings is 7. The Morgan fingerprint density at radius 1 is 0.633 bits per heavy atom. The summed E-state index contributed by atoms with van der Waals surface area (Å²) in [5, 5.41) is 1.71. The van der Waals surface area contributed by atoms with Gasteiger partial charge in [0, 0.05) is 85.7 Å². The van der Waals surface area contributed by atoms with Crippen molar-refractivity contribution in [2.75, 3.05) is 29.5 Å². The average molecular weight is 848 g/mol. The fourth-order valence-electron chi connectivity index (χ4n) is 7.76. The lowest BCUT2D eigenvalue weighted by Gasteiger charge is -2.27. The highest BCUT2D eigenvalue weighted by atomic mass is 32.2. The van der Waals surface area contributed by atoms with Crippen LogP contribution in [0.5, 0.6) is 0 Å². The predicted molar refractivity (Wildman–Crippen MR) is 251 cm³/mol. The Balaban J connectivity index is 1.28.